The van der Waals surface area contributed by atoms with E-state index in [-0.39, 0.29) is 29.6 Å². The smallest absolute Gasteiger partial charge is 0.255 e. The third-order valence-electron chi connectivity index (χ3n) is 9.25. The largest absolute Gasteiger partial charge is 0.338 e. The summed E-state index contributed by atoms with van der Waals surface area (Å²) in [7, 11) is 0. The second-order valence-electron chi connectivity index (χ2n) is 11.7. The zero-order chi connectivity index (χ0) is 27.7. The average molecular weight is 657 g/mol. The van der Waals surface area contributed by atoms with Crippen LogP contribution in [0.5, 0.6) is 0 Å². The topological polar surface area (TPSA) is 43.9 Å². The van der Waals surface area contributed by atoms with Crippen LogP contribution in [0.4, 0.5) is 0 Å². The molecule has 3 saturated heterocycles. The maximum Gasteiger partial charge on any atom is 0.255 e. The molecular formula is C33H36BrCl2N3O2. The Morgan fingerprint density at radius 2 is 1.54 bits per heavy atom. The van der Waals surface area contributed by atoms with Gasteiger partial charge < -0.3 is 14.7 Å². The minimum absolute atomic E-state index is 0. The van der Waals surface area contributed by atoms with Crippen molar-refractivity contribution >= 4 is 51.8 Å². The van der Waals surface area contributed by atoms with Crippen LogP contribution in [0.3, 0.4) is 0 Å². The van der Waals surface area contributed by atoms with Gasteiger partial charge in [0.2, 0.25) is 5.91 Å². The standard InChI is InChI=1S/C33H35BrClN3O2.ClH/c34-27-12-10-24(11-13-27)20-37-19-16-33(32(37)40)14-17-36(18-15-33)21-26-22-38(23-29(26)25-6-2-1-3-7-25)31(39)28-8-4-5-9-30(28)35;/h1-13,26,29H,14-23H2;1H/t26-,29+;/m0./s1. The van der Waals surface area contributed by atoms with Crippen molar-refractivity contribution in [1.82, 2.24) is 14.7 Å². The molecule has 3 fully saturated rings. The fourth-order valence-corrected chi connectivity index (χ4v) is 7.40. The van der Waals surface area contributed by atoms with E-state index in [1.165, 1.54) is 11.1 Å². The van der Waals surface area contributed by atoms with Gasteiger partial charge in [0.25, 0.3) is 5.91 Å². The molecule has 6 rings (SSSR count). The summed E-state index contributed by atoms with van der Waals surface area (Å²) in [6, 6.07) is 26.2. The van der Waals surface area contributed by atoms with E-state index >= 15 is 0 Å². The van der Waals surface area contributed by atoms with Crippen molar-refractivity contribution in [2.75, 3.05) is 39.3 Å². The normalized spacial score (nSPS) is 22.2. The van der Waals surface area contributed by atoms with Crippen LogP contribution in [0, 0.1) is 11.3 Å². The molecular weight excluding hydrogens is 621 g/mol. The van der Waals surface area contributed by atoms with E-state index < -0.39 is 0 Å². The molecule has 216 valence electrons. The molecule has 0 saturated carbocycles. The highest BCUT2D eigenvalue weighted by Crippen LogP contribution is 2.43. The molecule has 0 bridgehead atoms. The maximum atomic E-state index is 13.6. The molecule has 0 radical (unpaired) electrons. The summed E-state index contributed by atoms with van der Waals surface area (Å²) in [6.07, 6.45) is 2.77. The number of halogens is 3. The molecule has 3 aromatic carbocycles. The number of nitrogens with zero attached hydrogens (tertiary/aromatic N) is 3. The molecule has 2 atom stereocenters. The number of benzene rings is 3. The van der Waals surface area contributed by atoms with Crippen LogP contribution in [0.25, 0.3) is 0 Å². The van der Waals surface area contributed by atoms with Gasteiger partial charge in [-0.15, -0.1) is 12.4 Å². The lowest BCUT2D eigenvalue weighted by Gasteiger charge is -2.39. The Labute approximate surface area is 262 Å². The Morgan fingerprint density at radius 3 is 2.24 bits per heavy atom. The molecule has 8 heteroatoms. The summed E-state index contributed by atoms with van der Waals surface area (Å²) in [5.41, 5.74) is 2.82. The zero-order valence-corrected chi connectivity index (χ0v) is 26.2. The number of hydrogen-bond acceptors (Lipinski definition) is 3. The molecule has 3 aliphatic rings. The first-order chi connectivity index (χ1) is 19.4. The van der Waals surface area contributed by atoms with Crippen molar-refractivity contribution in [2.24, 2.45) is 11.3 Å². The number of rotatable bonds is 6. The summed E-state index contributed by atoms with van der Waals surface area (Å²) in [5.74, 6) is 0.942. The van der Waals surface area contributed by atoms with Crippen LogP contribution >= 0.6 is 39.9 Å². The fourth-order valence-electron chi connectivity index (χ4n) is 6.92. The van der Waals surface area contributed by atoms with Crippen molar-refractivity contribution in [3.05, 3.63) is 105 Å². The first-order valence-electron chi connectivity index (χ1n) is 14.3. The predicted molar refractivity (Wildman–Crippen MR) is 170 cm³/mol. The molecule has 3 aliphatic heterocycles. The van der Waals surface area contributed by atoms with Gasteiger partial charge in [0.05, 0.1) is 16.0 Å². The Balaban J connectivity index is 0.00000337. The minimum Gasteiger partial charge on any atom is -0.338 e. The summed E-state index contributed by atoms with van der Waals surface area (Å²) in [4.78, 5) is 33.6. The van der Waals surface area contributed by atoms with Crippen molar-refractivity contribution < 1.29 is 9.59 Å². The Kier molecular flexibility index (Phi) is 9.44. The van der Waals surface area contributed by atoms with E-state index in [2.05, 4.69) is 62.1 Å². The second kappa shape index (κ2) is 12.9. The molecule has 2 amide bonds. The molecule has 1 spiro atoms. The number of carbonyl (C=O) groups excluding carboxylic acids is 2. The highest BCUT2D eigenvalue weighted by atomic mass is 79.9. The van der Waals surface area contributed by atoms with Crippen LogP contribution in [-0.2, 0) is 11.3 Å². The quantitative estimate of drug-likeness (QED) is 0.290. The SMILES string of the molecule is Cl.O=C(c1ccccc1Cl)N1C[C@H](CN2CCC3(CC2)CCN(Cc2ccc(Br)cc2)C3=O)[C@@H](c2ccccc2)C1. The van der Waals surface area contributed by atoms with Gasteiger partial charge in [-0.3, -0.25) is 9.59 Å². The number of piperidine rings is 1. The monoisotopic (exact) mass is 655 g/mol. The maximum absolute atomic E-state index is 13.6. The van der Waals surface area contributed by atoms with Crippen molar-refractivity contribution in [2.45, 2.75) is 31.7 Å². The van der Waals surface area contributed by atoms with E-state index in [9.17, 15) is 9.59 Å². The lowest BCUT2D eigenvalue weighted by Crippen LogP contribution is -2.46. The molecule has 0 aliphatic carbocycles. The van der Waals surface area contributed by atoms with Crippen LogP contribution < -0.4 is 0 Å². The predicted octanol–water partition coefficient (Wildman–Crippen LogP) is 6.89. The van der Waals surface area contributed by atoms with Gasteiger partial charge in [-0.1, -0.05) is 82.1 Å². The highest BCUT2D eigenvalue weighted by Gasteiger charge is 2.48. The Bertz CT molecular complexity index is 1360. The van der Waals surface area contributed by atoms with Crippen molar-refractivity contribution in [3.63, 3.8) is 0 Å². The molecule has 3 heterocycles. The number of likely N-dealkylation sites (tertiary alicyclic amines) is 3. The third-order valence-corrected chi connectivity index (χ3v) is 10.1. The zero-order valence-electron chi connectivity index (χ0n) is 23.1. The third kappa shape index (κ3) is 6.36. The molecule has 0 N–H and O–H groups in total. The molecule has 41 heavy (non-hydrogen) atoms. The van der Waals surface area contributed by atoms with E-state index in [1.807, 2.05) is 41.3 Å². The summed E-state index contributed by atoms with van der Waals surface area (Å²) < 4.78 is 1.06. The van der Waals surface area contributed by atoms with E-state index in [1.54, 1.807) is 6.07 Å². The summed E-state index contributed by atoms with van der Waals surface area (Å²) in [5, 5.41) is 0.504. The highest BCUT2D eigenvalue weighted by molar-refractivity contribution is 9.10. The van der Waals surface area contributed by atoms with Gasteiger partial charge in [0.1, 0.15) is 0 Å². The van der Waals surface area contributed by atoms with Gasteiger partial charge in [-0.25, -0.2) is 0 Å². The lowest BCUT2D eigenvalue weighted by molar-refractivity contribution is -0.139. The van der Waals surface area contributed by atoms with Gasteiger partial charge in [-0.2, -0.15) is 0 Å². The van der Waals surface area contributed by atoms with E-state index in [0.717, 1.165) is 49.9 Å². The molecule has 0 unspecified atom stereocenters. The second-order valence-corrected chi connectivity index (χ2v) is 13.0. The molecule has 0 aromatic heterocycles. The number of hydrogen-bond donors (Lipinski definition) is 0. The number of amides is 2. The Morgan fingerprint density at radius 1 is 0.878 bits per heavy atom. The van der Waals surface area contributed by atoms with E-state index in [0.29, 0.717) is 42.0 Å². The van der Waals surface area contributed by atoms with Gasteiger partial charge in [-0.05, 0) is 73.7 Å². The molecule has 3 aromatic rings. The van der Waals surface area contributed by atoms with Crippen molar-refractivity contribution in [3.8, 4) is 0 Å². The average Bonchev–Trinajstić information content (AvgIpc) is 3.53. The van der Waals surface area contributed by atoms with Gasteiger partial charge in [0.15, 0.2) is 0 Å². The number of carbonyl (C=O) groups is 2. The van der Waals surface area contributed by atoms with Gasteiger partial charge in [0, 0.05) is 43.1 Å². The van der Waals surface area contributed by atoms with Gasteiger partial charge >= 0.3 is 0 Å². The van der Waals surface area contributed by atoms with Crippen LogP contribution in [0.2, 0.25) is 5.02 Å². The van der Waals surface area contributed by atoms with Crippen LogP contribution in [0.15, 0.2) is 83.3 Å². The first kappa shape index (κ1) is 30.1. The van der Waals surface area contributed by atoms with Crippen LogP contribution in [0.1, 0.15) is 46.7 Å². The summed E-state index contributed by atoms with van der Waals surface area (Å²) in [6.45, 7) is 5.72. The lowest BCUT2D eigenvalue weighted by atomic mass is 9.76. The van der Waals surface area contributed by atoms with Crippen molar-refractivity contribution in [1.29, 1.82) is 0 Å². The Hall–Kier alpha value is -2.38. The summed E-state index contributed by atoms with van der Waals surface area (Å²) >= 11 is 9.88. The minimum atomic E-state index is -0.216. The molecule has 5 nitrogen and oxygen atoms in total. The first-order valence-corrected chi connectivity index (χ1v) is 15.4. The van der Waals surface area contributed by atoms with E-state index in [4.69, 9.17) is 11.6 Å². The fraction of sp³-hybridized carbons (Fsp3) is 0.394. The van der Waals surface area contributed by atoms with Crippen LogP contribution in [-0.4, -0.2) is 65.8 Å².